The number of aryl methyl sites for hydroxylation is 1. The summed E-state index contributed by atoms with van der Waals surface area (Å²) in [6, 6.07) is 26.6. The fraction of sp³-hybridized carbons (Fsp3) is 0.172. The summed E-state index contributed by atoms with van der Waals surface area (Å²) in [7, 11) is 0. The first-order valence-electron chi connectivity index (χ1n) is 11.2. The molecule has 0 aliphatic carbocycles. The Balaban J connectivity index is 1.85. The Morgan fingerprint density at radius 2 is 1.27 bits per heavy atom. The van der Waals surface area contributed by atoms with E-state index in [0.717, 1.165) is 19.8 Å². The summed E-state index contributed by atoms with van der Waals surface area (Å²) < 4.78 is 5.68. The van der Waals surface area contributed by atoms with E-state index in [1.807, 2.05) is 0 Å². The monoisotopic (exact) mass is 623 g/mol. The van der Waals surface area contributed by atoms with Crippen LogP contribution in [0, 0.1) is 6.92 Å². The molecular formula is C29H24Br3N. The third-order valence-corrected chi connectivity index (χ3v) is 8.10. The van der Waals surface area contributed by atoms with Crippen molar-refractivity contribution in [3.05, 3.63) is 97.3 Å². The van der Waals surface area contributed by atoms with Crippen molar-refractivity contribution in [3.8, 4) is 16.8 Å². The van der Waals surface area contributed by atoms with Crippen LogP contribution in [0.3, 0.4) is 0 Å². The molecule has 0 saturated heterocycles. The molecule has 0 spiro atoms. The lowest BCUT2D eigenvalue weighted by molar-refractivity contribution is 0.735. The molecule has 1 heterocycles. The predicted molar refractivity (Wildman–Crippen MR) is 153 cm³/mol. The van der Waals surface area contributed by atoms with Gasteiger partial charge in [-0.2, -0.15) is 0 Å². The van der Waals surface area contributed by atoms with E-state index >= 15 is 0 Å². The number of nitrogens with zero attached hydrogens (tertiary/aromatic N) is 1. The second kappa shape index (κ2) is 9.05. The van der Waals surface area contributed by atoms with Crippen LogP contribution < -0.4 is 0 Å². The third kappa shape index (κ3) is 4.11. The standard InChI is InChI=1S/C29H24Br3N/c1-4-17(2)23-10-9-22(16-25(23)24-13-19(30)6-5-18(24)3)33-28-11-7-20(31)14-26(28)27-15-21(32)8-12-29(27)33/h5-17H,4H2,1-3H3. The first-order chi connectivity index (χ1) is 15.9. The summed E-state index contributed by atoms with van der Waals surface area (Å²) in [5.74, 6) is 0.484. The molecule has 33 heavy (non-hydrogen) atoms. The van der Waals surface area contributed by atoms with Gasteiger partial charge in [0.05, 0.1) is 11.0 Å². The van der Waals surface area contributed by atoms with E-state index in [2.05, 4.69) is 146 Å². The molecule has 1 aromatic heterocycles. The van der Waals surface area contributed by atoms with Gasteiger partial charge in [-0.1, -0.05) is 73.8 Å². The highest BCUT2D eigenvalue weighted by atomic mass is 79.9. The highest BCUT2D eigenvalue weighted by molar-refractivity contribution is 9.11. The molecule has 0 amide bonds. The molecule has 4 heteroatoms. The Labute approximate surface area is 220 Å². The van der Waals surface area contributed by atoms with Crippen molar-refractivity contribution in [1.82, 2.24) is 4.57 Å². The van der Waals surface area contributed by atoms with Crippen LogP contribution >= 0.6 is 47.8 Å². The average molecular weight is 626 g/mol. The Bertz CT molecular complexity index is 1450. The molecule has 0 fully saturated rings. The van der Waals surface area contributed by atoms with Crippen molar-refractivity contribution >= 4 is 69.6 Å². The number of benzene rings is 4. The first-order valence-corrected chi connectivity index (χ1v) is 13.6. The molecule has 1 atom stereocenters. The first kappa shape index (κ1) is 22.9. The zero-order valence-corrected chi connectivity index (χ0v) is 23.6. The normalized spacial score (nSPS) is 12.5. The summed E-state index contributed by atoms with van der Waals surface area (Å²) in [5, 5.41) is 2.48. The van der Waals surface area contributed by atoms with Crippen molar-refractivity contribution in [3.63, 3.8) is 0 Å². The molecule has 1 unspecified atom stereocenters. The van der Waals surface area contributed by atoms with E-state index in [4.69, 9.17) is 0 Å². The Morgan fingerprint density at radius 3 is 1.88 bits per heavy atom. The largest absolute Gasteiger partial charge is 0.309 e. The van der Waals surface area contributed by atoms with Gasteiger partial charge in [0.25, 0.3) is 0 Å². The van der Waals surface area contributed by atoms with E-state index < -0.39 is 0 Å². The molecule has 0 bridgehead atoms. The Morgan fingerprint density at radius 1 is 0.697 bits per heavy atom. The molecule has 0 radical (unpaired) electrons. The van der Waals surface area contributed by atoms with Crippen molar-refractivity contribution in [1.29, 1.82) is 0 Å². The van der Waals surface area contributed by atoms with Crippen LogP contribution in [0.25, 0.3) is 38.6 Å². The summed E-state index contributed by atoms with van der Waals surface area (Å²) >= 11 is 11.0. The number of halogens is 3. The number of fused-ring (bicyclic) bond motifs is 3. The molecule has 5 rings (SSSR count). The summed E-state index contributed by atoms with van der Waals surface area (Å²) in [4.78, 5) is 0. The maximum absolute atomic E-state index is 3.69. The van der Waals surface area contributed by atoms with Gasteiger partial charge in [0.2, 0.25) is 0 Å². The molecule has 4 aromatic carbocycles. The summed E-state index contributed by atoms with van der Waals surface area (Å²) in [5.41, 5.74) is 8.88. The molecule has 0 aliphatic rings. The fourth-order valence-electron chi connectivity index (χ4n) is 4.70. The smallest absolute Gasteiger partial charge is 0.0541 e. The van der Waals surface area contributed by atoms with Crippen molar-refractivity contribution in [2.45, 2.75) is 33.1 Å². The van der Waals surface area contributed by atoms with Crippen LogP contribution in [0.2, 0.25) is 0 Å². The summed E-state index contributed by atoms with van der Waals surface area (Å²) in [6.07, 6.45) is 1.11. The van der Waals surface area contributed by atoms with Crippen molar-refractivity contribution in [2.75, 3.05) is 0 Å². The second-order valence-corrected chi connectivity index (χ2v) is 11.4. The van der Waals surface area contributed by atoms with Crippen LogP contribution in [0.4, 0.5) is 0 Å². The predicted octanol–water partition coefficient (Wildman–Crippen LogP) is 10.6. The molecule has 5 aromatic rings. The van der Waals surface area contributed by atoms with Crippen LogP contribution in [0.15, 0.2) is 86.2 Å². The van der Waals surface area contributed by atoms with Gasteiger partial charge in [-0.15, -0.1) is 0 Å². The SMILES string of the molecule is CCC(C)c1ccc(-n2c3ccc(Br)cc3c3cc(Br)ccc32)cc1-c1cc(Br)ccc1C. The van der Waals surface area contributed by atoms with E-state index in [1.54, 1.807) is 0 Å². The van der Waals surface area contributed by atoms with Gasteiger partial charge in [0, 0.05) is 29.9 Å². The fourth-order valence-corrected chi connectivity index (χ4v) is 5.78. The number of rotatable bonds is 4. The average Bonchev–Trinajstić information content (AvgIpc) is 3.12. The van der Waals surface area contributed by atoms with Gasteiger partial charge in [0.1, 0.15) is 0 Å². The minimum atomic E-state index is 0.484. The molecule has 0 aliphatic heterocycles. The van der Waals surface area contributed by atoms with Crippen LogP contribution in [0.5, 0.6) is 0 Å². The van der Waals surface area contributed by atoms with E-state index in [-0.39, 0.29) is 0 Å². The minimum absolute atomic E-state index is 0.484. The Hall–Kier alpha value is -1.88. The Kier molecular flexibility index (Phi) is 6.28. The van der Waals surface area contributed by atoms with Gasteiger partial charge in [-0.25, -0.2) is 0 Å². The highest BCUT2D eigenvalue weighted by Crippen LogP contribution is 2.39. The quantitative estimate of drug-likeness (QED) is 0.187. The lowest BCUT2D eigenvalue weighted by atomic mass is 9.88. The van der Waals surface area contributed by atoms with E-state index in [9.17, 15) is 0 Å². The molecule has 1 nitrogen and oxygen atoms in total. The zero-order chi connectivity index (χ0) is 23.3. The topological polar surface area (TPSA) is 4.93 Å². The lowest BCUT2D eigenvalue weighted by Gasteiger charge is -2.19. The maximum atomic E-state index is 3.69. The van der Waals surface area contributed by atoms with E-state index in [1.165, 1.54) is 49.7 Å². The van der Waals surface area contributed by atoms with Gasteiger partial charge in [-0.05, 0) is 102 Å². The zero-order valence-electron chi connectivity index (χ0n) is 18.8. The van der Waals surface area contributed by atoms with Gasteiger partial charge < -0.3 is 4.57 Å². The van der Waals surface area contributed by atoms with Gasteiger partial charge in [0.15, 0.2) is 0 Å². The molecular weight excluding hydrogens is 602 g/mol. The number of hydrogen-bond acceptors (Lipinski definition) is 0. The maximum Gasteiger partial charge on any atom is 0.0541 e. The van der Waals surface area contributed by atoms with Crippen LogP contribution in [-0.2, 0) is 0 Å². The highest BCUT2D eigenvalue weighted by Gasteiger charge is 2.17. The molecule has 0 saturated carbocycles. The second-order valence-electron chi connectivity index (χ2n) is 8.70. The molecule has 0 N–H and O–H groups in total. The van der Waals surface area contributed by atoms with Crippen LogP contribution in [-0.4, -0.2) is 4.57 Å². The summed E-state index contributed by atoms with van der Waals surface area (Å²) in [6.45, 7) is 6.78. The van der Waals surface area contributed by atoms with Crippen molar-refractivity contribution < 1.29 is 0 Å². The molecule has 166 valence electrons. The lowest BCUT2D eigenvalue weighted by Crippen LogP contribution is -2.00. The minimum Gasteiger partial charge on any atom is -0.309 e. The van der Waals surface area contributed by atoms with Crippen molar-refractivity contribution in [2.24, 2.45) is 0 Å². The third-order valence-electron chi connectivity index (χ3n) is 6.62. The van der Waals surface area contributed by atoms with E-state index in [0.29, 0.717) is 5.92 Å². The number of hydrogen-bond donors (Lipinski definition) is 0. The van der Waals surface area contributed by atoms with Gasteiger partial charge in [-0.3, -0.25) is 0 Å². The van der Waals surface area contributed by atoms with Gasteiger partial charge >= 0.3 is 0 Å². The van der Waals surface area contributed by atoms with Crippen LogP contribution in [0.1, 0.15) is 37.3 Å². The number of aromatic nitrogens is 1.